The lowest BCUT2D eigenvalue weighted by molar-refractivity contribution is -0.122. The molecule has 19 heavy (non-hydrogen) atoms. The molecule has 1 aliphatic carbocycles. The molecule has 2 rings (SSSR count). The Hall–Kier alpha value is -1.35. The summed E-state index contributed by atoms with van der Waals surface area (Å²) in [4.78, 5) is 12.0. The maximum absolute atomic E-state index is 12.0. The van der Waals surface area contributed by atoms with Crippen molar-refractivity contribution in [2.24, 2.45) is 11.7 Å². The van der Waals surface area contributed by atoms with Crippen molar-refractivity contribution in [3.63, 3.8) is 0 Å². The molecule has 104 valence electrons. The maximum Gasteiger partial charge on any atom is 0.220 e. The van der Waals surface area contributed by atoms with Crippen LogP contribution in [0.3, 0.4) is 0 Å². The van der Waals surface area contributed by atoms with Gasteiger partial charge in [-0.3, -0.25) is 4.79 Å². The topological polar surface area (TPSA) is 55.1 Å². The average molecular weight is 260 g/mol. The number of benzene rings is 1. The average Bonchev–Trinajstić information content (AvgIpc) is 2.97. The summed E-state index contributed by atoms with van der Waals surface area (Å²) in [5, 5.41) is 3.04. The summed E-state index contributed by atoms with van der Waals surface area (Å²) in [5.41, 5.74) is 6.84. The van der Waals surface area contributed by atoms with Crippen molar-refractivity contribution in [1.29, 1.82) is 0 Å². The third kappa shape index (κ3) is 4.35. The Morgan fingerprint density at radius 2 is 1.95 bits per heavy atom. The Labute approximate surface area is 115 Å². The van der Waals surface area contributed by atoms with Gasteiger partial charge in [-0.05, 0) is 17.9 Å². The fourth-order valence-electron chi connectivity index (χ4n) is 2.86. The second-order valence-electron chi connectivity index (χ2n) is 5.46. The van der Waals surface area contributed by atoms with Gasteiger partial charge in [0.1, 0.15) is 0 Å². The van der Waals surface area contributed by atoms with E-state index in [4.69, 9.17) is 5.73 Å². The quantitative estimate of drug-likeness (QED) is 0.826. The van der Waals surface area contributed by atoms with Crippen molar-refractivity contribution in [2.45, 2.75) is 44.6 Å². The van der Waals surface area contributed by atoms with Gasteiger partial charge in [0.15, 0.2) is 0 Å². The molecule has 1 fully saturated rings. The lowest BCUT2D eigenvalue weighted by atomic mass is 10.0. The molecule has 0 heterocycles. The van der Waals surface area contributed by atoms with E-state index in [9.17, 15) is 4.79 Å². The highest BCUT2D eigenvalue weighted by Crippen LogP contribution is 2.28. The largest absolute Gasteiger partial charge is 0.348 e. The fourth-order valence-corrected chi connectivity index (χ4v) is 2.86. The van der Waals surface area contributed by atoms with Crippen LogP contribution in [0.5, 0.6) is 0 Å². The van der Waals surface area contributed by atoms with Crippen LogP contribution in [0.4, 0.5) is 0 Å². The minimum Gasteiger partial charge on any atom is -0.348 e. The highest BCUT2D eigenvalue weighted by molar-refractivity contribution is 5.76. The first-order valence-electron chi connectivity index (χ1n) is 7.34. The van der Waals surface area contributed by atoms with Crippen LogP contribution in [0, 0.1) is 5.92 Å². The molecule has 1 aliphatic rings. The van der Waals surface area contributed by atoms with Gasteiger partial charge in [0.05, 0.1) is 6.04 Å². The normalized spacial score (nSPS) is 17.3. The highest BCUT2D eigenvalue weighted by atomic mass is 16.1. The molecule has 1 aromatic rings. The van der Waals surface area contributed by atoms with Gasteiger partial charge in [0, 0.05) is 13.0 Å². The predicted molar refractivity (Wildman–Crippen MR) is 77.6 cm³/mol. The van der Waals surface area contributed by atoms with E-state index >= 15 is 0 Å². The molecule has 3 nitrogen and oxygen atoms in total. The van der Waals surface area contributed by atoms with Gasteiger partial charge < -0.3 is 11.1 Å². The second-order valence-corrected chi connectivity index (χ2v) is 5.46. The Morgan fingerprint density at radius 3 is 2.58 bits per heavy atom. The number of hydrogen-bond donors (Lipinski definition) is 2. The molecular weight excluding hydrogens is 236 g/mol. The predicted octanol–water partition coefficient (Wildman–Crippen LogP) is 2.77. The van der Waals surface area contributed by atoms with E-state index in [2.05, 4.69) is 5.32 Å². The number of rotatable bonds is 6. The molecule has 3 N–H and O–H groups in total. The van der Waals surface area contributed by atoms with Crippen LogP contribution in [-0.4, -0.2) is 12.5 Å². The number of hydrogen-bond acceptors (Lipinski definition) is 2. The van der Waals surface area contributed by atoms with Gasteiger partial charge in [-0.1, -0.05) is 56.0 Å². The van der Waals surface area contributed by atoms with E-state index in [1.807, 2.05) is 30.3 Å². The number of carbonyl (C=O) groups excluding carboxylic acids is 1. The van der Waals surface area contributed by atoms with Crippen molar-refractivity contribution in [2.75, 3.05) is 6.54 Å². The van der Waals surface area contributed by atoms with Crippen molar-refractivity contribution < 1.29 is 4.79 Å². The Bertz CT molecular complexity index is 385. The maximum atomic E-state index is 12.0. The van der Waals surface area contributed by atoms with Crippen molar-refractivity contribution in [3.8, 4) is 0 Å². The Morgan fingerprint density at radius 1 is 1.26 bits per heavy atom. The first-order chi connectivity index (χ1) is 9.29. The highest BCUT2D eigenvalue weighted by Gasteiger charge is 2.17. The van der Waals surface area contributed by atoms with Crippen molar-refractivity contribution >= 4 is 5.91 Å². The van der Waals surface area contributed by atoms with Gasteiger partial charge in [-0.15, -0.1) is 0 Å². The van der Waals surface area contributed by atoms with Crippen LogP contribution < -0.4 is 11.1 Å². The van der Waals surface area contributed by atoms with Crippen molar-refractivity contribution in [1.82, 2.24) is 5.32 Å². The van der Waals surface area contributed by atoms with Crippen LogP contribution >= 0.6 is 0 Å². The van der Waals surface area contributed by atoms with Gasteiger partial charge in [-0.25, -0.2) is 0 Å². The molecule has 3 heteroatoms. The molecule has 1 amide bonds. The first-order valence-corrected chi connectivity index (χ1v) is 7.34. The monoisotopic (exact) mass is 260 g/mol. The van der Waals surface area contributed by atoms with Crippen LogP contribution in [0.2, 0.25) is 0 Å². The van der Waals surface area contributed by atoms with E-state index < -0.39 is 0 Å². The van der Waals surface area contributed by atoms with E-state index in [1.54, 1.807) is 0 Å². The Balaban J connectivity index is 1.79. The molecule has 0 saturated heterocycles. The zero-order valence-corrected chi connectivity index (χ0v) is 11.5. The lowest BCUT2D eigenvalue weighted by Gasteiger charge is -2.18. The van der Waals surface area contributed by atoms with Crippen LogP contribution in [0.15, 0.2) is 30.3 Å². The lowest BCUT2D eigenvalue weighted by Crippen LogP contribution is -2.33. The summed E-state index contributed by atoms with van der Waals surface area (Å²) in [6.07, 6.45) is 6.92. The zero-order chi connectivity index (χ0) is 13.5. The second kappa shape index (κ2) is 7.29. The van der Waals surface area contributed by atoms with Crippen LogP contribution in [0.25, 0.3) is 0 Å². The summed E-state index contributed by atoms with van der Waals surface area (Å²) < 4.78 is 0. The summed E-state index contributed by atoms with van der Waals surface area (Å²) in [6, 6.07) is 9.88. The van der Waals surface area contributed by atoms with Crippen molar-refractivity contribution in [3.05, 3.63) is 35.9 Å². The number of nitrogens with one attached hydrogen (secondary N) is 1. The summed E-state index contributed by atoms with van der Waals surface area (Å²) in [7, 11) is 0. The molecule has 1 unspecified atom stereocenters. The SMILES string of the molecule is NCC(NC(=O)CCC1CCCC1)c1ccccc1. The van der Waals surface area contributed by atoms with Crippen LogP contribution in [-0.2, 0) is 4.79 Å². The standard InChI is InChI=1S/C16H24N2O/c17-12-15(14-8-2-1-3-9-14)18-16(19)11-10-13-6-4-5-7-13/h1-3,8-9,13,15H,4-7,10-12,17H2,(H,18,19). The van der Waals surface area contributed by atoms with E-state index in [0.717, 1.165) is 17.9 Å². The third-order valence-electron chi connectivity index (χ3n) is 4.03. The summed E-state index contributed by atoms with van der Waals surface area (Å²) in [5.74, 6) is 0.894. The molecule has 0 radical (unpaired) electrons. The molecule has 1 atom stereocenters. The van der Waals surface area contributed by atoms with Gasteiger partial charge in [0.25, 0.3) is 0 Å². The van der Waals surface area contributed by atoms with E-state index in [1.165, 1.54) is 25.7 Å². The summed E-state index contributed by atoms with van der Waals surface area (Å²) >= 11 is 0. The smallest absolute Gasteiger partial charge is 0.220 e. The first kappa shape index (κ1) is 14.1. The molecule has 0 aliphatic heterocycles. The van der Waals surface area contributed by atoms with Crippen LogP contribution in [0.1, 0.15) is 50.1 Å². The molecular formula is C16H24N2O. The van der Waals surface area contributed by atoms with Gasteiger partial charge in [0.2, 0.25) is 5.91 Å². The minimum absolute atomic E-state index is 0.0581. The number of nitrogens with two attached hydrogens (primary N) is 1. The molecule has 0 bridgehead atoms. The third-order valence-corrected chi connectivity index (χ3v) is 4.03. The van der Waals surface area contributed by atoms with E-state index in [0.29, 0.717) is 13.0 Å². The van der Waals surface area contributed by atoms with Gasteiger partial charge >= 0.3 is 0 Å². The Kier molecular flexibility index (Phi) is 5.40. The minimum atomic E-state index is -0.0581. The number of carbonyl (C=O) groups is 1. The fraction of sp³-hybridized carbons (Fsp3) is 0.562. The zero-order valence-electron chi connectivity index (χ0n) is 11.5. The molecule has 1 aromatic carbocycles. The molecule has 0 aromatic heterocycles. The van der Waals surface area contributed by atoms with Gasteiger partial charge in [-0.2, -0.15) is 0 Å². The molecule has 1 saturated carbocycles. The molecule has 0 spiro atoms. The van der Waals surface area contributed by atoms with E-state index in [-0.39, 0.29) is 11.9 Å². The summed E-state index contributed by atoms with van der Waals surface area (Å²) in [6.45, 7) is 0.444. The number of amides is 1.